The molecule has 0 saturated carbocycles. The van der Waals surface area contributed by atoms with Gasteiger partial charge in [-0.05, 0) is 73.0 Å². The van der Waals surface area contributed by atoms with Crippen LogP contribution in [0.5, 0.6) is 0 Å². The van der Waals surface area contributed by atoms with Gasteiger partial charge in [-0.3, -0.25) is 38.4 Å². The standard InChI is InChI=1S/C60H90N8O10/c1-17-39(11)47-58(75)65(14)48(36(5)6)53(70)61-43(32-35(3)4)56(73)67(16)50(38(9)10)60(77)78-51(40(12)18-2)59(76)66(15)49(37(7)8)54(71)62-44(33-41-26-21-19-22-27-41)55(72)64(13)46(34-42-28-23-20-24-29-42)57(74)68-31-25-30-45(68)52(69)63-47/h19-24,26-29,35-37,39-40,43-51H,9,17-18,25,30-34H2,1-8,10-16H3,(H,61,70)(H,62,71)(H,63,69)/t39-,40-,43+,44-,45-,46-,47+,48+,49-,50+,51+/m0/s1. The molecular weight excluding hydrogens is 993 g/mol. The van der Waals surface area contributed by atoms with Crippen molar-refractivity contribution in [3.05, 3.63) is 83.9 Å². The predicted octanol–water partition coefficient (Wildman–Crippen LogP) is 5.18. The fourth-order valence-electron chi connectivity index (χ4n) is 10.7. The normalized spacial score (nSPS) is 26.4. The Morgan fingerprint density at radius 3 is 1.56 bits per heavy atom. The molecule has 2 aliphatic rings. The van der Waals surface area contributed by atoms with Gasteiger partial charge in [-0.1, -0.05) is 143 Å². The van der Waals surface area contributed by atoms with E-state index in [-0.39, 0.29) is 43.7 Å². The molecule has 2 aliphatic heterocycles. The maximum absolute atomic E-state index is 15.3. The van der Waals surface area contributed by atoms with Crippen LogP contribution in [0.2, 0.25) is 0 Å². The molecule has 0 radical (unpaired) electrons. The van der Waals surface area contributed by atoms with Crippen LogP contribution in [0.1, 0.15) is 119 Å². The Labute approximate surface area is 463 Å². The first-order valence-corrected chi connectivity index (χ1v) is 27.9. The molecule has 18 heteroatoms. The van der Waals surface area contributed by atoms with Gasteiger partial charge in [0.2, 0.25) is 41.4 Å². The minimum Gasteiger partial charge on any atom is -0.450 e. The number of nitrogens with zero attached hydrogens (tertiary/aromatic N) is 5. The number of carbonyl (C=O) groups is 9. The van der Waals surface area contributed by atoms with E-state index in [2.05, 4.69) is 22.5 Å². The number of carbonyl (C=O) groups excluding carboxylic acids is 9. The zero-order valence-electron chi connectivity index (χ0n) is 49.0. The number of hydrogen-bond acceptors (Lipinski definition) is 10. The summed E-state index contributed by atoms with van der Waals surface area (Å²) < 4.78 is 6.13. The van der Waals surface area contributed by atoms with Crippen LogP contribution in [0.15, 0.2) is 72.8 Å². The SMILES string of the molecule is C=C(C)[C@@H]1C(=O)O[C@H]([C@@H](C)CC)C(=O)N(C)[C@@H](C(C)C)C(=O)N[C@@H](Cc2ccccc2)C(=O)N(C)[C@@H](Cc2ccccc2)C(=O)N2CCC[C@H]2C(=O)N[C@H]([C@@H](C)CC)C(=O)N(C)[C@H](C(C)C)C(=O)N[C@H](CC(C)C)C(=O)N1C. The maximum Gasteiger partial charge on any atom is 0.333 e. The summed E-state index contributed by atoms with van der Waals surface area (Å²) in [6, 6.07) is 8.73. The van der Waals surface area contributed by atoms with Gasteiger partial charge in [0, 0.05) is 53.5 Å². The number of amides is 8. The summed E-state index contributed by atoms with van der Waals surface area (Å²) >= 11 is 0. The van der Waals surface area contributed by atoms with Gasteiger partial charge < -0.3 is 45.2 Å². The first-order chi connectivity index (χ1) is 36.7. The van der Waals surface area contributed by atoms with Crippen molar-refractivity contribution >= 4 is 53.2 Å². The lowest BCUT2D eigenvalue weighted by molar-refractivity contribution is -0.169. The van der Waals surface area contributed by atoms with E-state index in [9.17, 15) is 33.6 Å². The molecule has 2 fully saturated rings. The molecule has 3 N–H and O–H groups in total. The fourth-order valence-corrected chi connectivity index (χ4v) is 10.7. The van der Waals surface area contributed by atoms with E-state index >= 15 is 9.59 Å². The van der Waals surface area contributed by atoms with E-state index in [1.807, 2.05) is 95.3 Å². The second-order valence-corrected chi connectivity index (χ2v) is 22.9. The molecule has 0 aromatic heterocycles. The number of cyclic esters (lactones) is 1. The highest BCUT2D eigenvalue weighted by atomic mass is 16.6. The number of rotatable bonds is 13. The van der Waals surface area contributed by atoms with E-state index in [0.29, 0.717) is 24.8 Å². The van der Waals surface area contributed by atoms with Crippen molar-refractivity contribution < 1.29 is 47.9 Å². The number of ether oxygens (including phenoxy) is 1. The highest BCUT2D eigenvalue weighted by Crippen LogP contribution is 2.26. The molecule has 0 bridgehead atoms. The Morgan fingerprint density at radius 1 is 0.590 bits per heavy atom. The molecule has 0 unspecified atom stereocenters. The van der Waals surface area contributed by atoms with Gasteiger partial charge >= 0.3 is 5.97 Å². The van der Waals surface area contributed by atoms with Gasteiger partial charge in [0.15, 0.2) is 12.1 Å². The average molecular weight is 1080 g/mol. The Bertz CT molecular complexity index is 2430. The molecule has 8 amide bonds. The van der Waals surface area contributed by atoms with Gasteiger partial charge in [-0.25, -0.2) is 4.79 Å². The van der Waals surface area contributed by atoms with Crippen molar-refractivity contribution in [2.45, 2.75) is 176 Å². The molecule has 11 atom stereocenters. The zero-order valence-corrected chi connectivity index (χ0v) is 49.0. The summed E-state index contributed by atoms with van der Waals surface area (Å²) in [5.74, 6) is -7.99. The van der Waals surface area contributed by atoms with Crippen molar-refractivity contribution in [3.8, 4) is 0 Å². The lowest BCUT2D eigenvalue weighted by atomic mass is 9.94. The average Bonchev–Trinajstić information content (AvgIpc) is 3.96. The van der Waals surface area contributed by atoms with Gasteiger partial charge in [0.25, 0.3) is 5.91 Å². The molecular formula is C60H90N8O10. The zero-order chi connectivity index (χ0) is 58.5. The van der Waals surface area contributed by atoms with Gasteiger partial charge in [-0.2, -0.15) is 0 Å². The molecule has 2 saturated heterocycles. The molecule has 0 aliphatic carbocycles. The van der Waals surface area contributed by atoms with E-state index in [0.717, 1.165) is 10.5 Å². The summed E-state index contributed by atoms with van der Waals surface area (Å²) in [6.45, 7) is 23.8. The van der Waals surface area contributed by atoms with Crippen LogP contribution in [0, 0.1) is 29.6 Å². The molecule has 18 nitrogen and oxygen atoms in total. The highest BCUT2D eigenvalue weighted by molar-refractivity contribution is 5.99. The smallest absolute Gasteiger partial charge is 0.333 e. The molecule has 0 spiro atoms. The minimum absolute atomic E-state index is 0.0111. The summed E-state index contributed by atoms with van der Waals surface area (Å²) in [4.78, 5) is 140. The van der Waals surface area contributed by atoms with Crippen LogP contribution in [-0.4, -0.2) is 167 Å². The fraction of sp³-hybridized carbons (Fsp3) is 0.617. The van der Waals surface area contributed by atoms with Gasteiger partial charge in [0.05, 0.1) is 0 Å². The monoisotopic (exact) mass is 1080 g/mol. The van der Waals surface area contributed by atoms with E-state index in [1.165, 1.54) is 47.8 Å². The lowest BCUT2D eigenvalue weighted by Gasteiger charge is -2.37. The number of fused-ring (bicyclic) bond motifs is 1. The Balaban J connectivity index is 1.96. The highest BCUT2D eigenvalue weighted by Gasteiger charge is 2.46. The Morgan fingerprint density at radius 2 is 1.08 bits per heavy atom. The third kappa shape index (κ3) is 15.8. The summed E-state index contributed by atoms with van der Waals surface area (Å²) in [7, 11) is 5.83. The Hall–Kier alpha value is -6.59. The molecule has 430 valence electrons. The lowest BCUT2D eigenvalue weighted by Crippen LogP contribution is -2.62. The minimum atomic E-state index is -1.44. The molecule has 78 heavy (non-hydrogen) atoms. The summed E-state index contributed by atoms with van der Waals surface area (Å²) in [5, 5.41) is 8.85. The van der Waals surface area contributed by atoms with Crippen LogP contribution in [-0.2, 0) is 60.7 Å². The van der Waals surface area contributed by atoms with Gasteiger partial charge in [-0.15, -0.1) is 0 Å². The molecule has 4 rings (SSSR count). The van der Waals surface area contributed by atoms with E-state index < -0.39 is 131 Å². The molecule has 2 aromatic carbocycles. The first kappa shape index (κ1) is 63.9. The largest absolute Gasteiger partial charge is 0.450 e. The molecule has 2 aromatic rings. The number of hydrogen-bond donors (Lipinski definition) is 3. The Kier molecular flexibility index (Phi) is 23.7. The molecule has 2 heterocycles. The van der Waals surface area contributed by atoms with E-state index in [4.69, 9.17) is 4.74 Å². The van der Waals surface area contributed by atoms with Crippen molar-refractivity contribution in [2.75, 3.05) is 34.7 Å². The van der Waals surface area contributed by atoms with Crippen LogP contribution < -0.4 is 16.0 Å². The number of nitrogens with one attached hydrogen (secondary N) is 3. The second-order valence-electron chi connectivity index (χ2n) is 22.9. The second kappa shape index (κ2) is 28.9. The van der Waals surface area contributed by atoms with Crippen LogP contribution in [0.3, 0.4) is 0 Å². The number of esters is 1. The summed E-state index contributed by atoms with van der Waals surface area (Å²) in [6.07, 6.45) is 0.359. The van der Waals surface area contributed by atoms with Crippen LogP contribution in [0.4, 0.5) is 0 Å². The predicted molar refractivity (Wildman–Crippen MR) is 300 cm³/mol. The number of likely N-dealkylation sites (N-methyl/N-ethyl adjacent to an activating group) is 4. The third-order valence-corrected chi connectivity index (χ3v) is 15.6. The summed E-state index contributed by atoms with van der Waals surface area (Å²) in [5.41, 5.74) is 1.66. The topological polar surface area (TPSA) is 215 Å². The van der Waals surface area contributed by atoms with Crippen molar-refractivity contribution in [1.82, 2.24) is 40.4 Å². The van der Waals surface area contributed by atoms with Crippen LogP contribution >= 0.6 is 0 Å². The number of benzene rings is 2. The maximum atomic E-state index is 15.3. The third-order valence-electron chi connectivity index (χ3n) is 15.6. The van der Waals surface area contributed by atoms with Crippen molar-refractivity contribution in [2.24, 2.45) is 29.6 Å². The quantitative estimate of drug-likeness (QED) is 0.177. The van der Waals surface area contributed by atoms with E-state index in [1.54, 1.807) is 41.5 Å². The van der Waals surface area contributed by atoms with Crippen LogP contribution in [0.25, 0.3) is 0 Å². The first-order valence-electron chi connectivity index (χ1n) is 27.9. The van der Waals surface area contributed by atoms with Gasteiger partial charge in [0.1, 0.15) is 42.3 Å². The van der Waals surface area contributed by atoms with Crippen molar-refractivity contribution in [1.29, 1.82) is 0 Å². The van der Waals surface area contributed by atoms with Crippen molar-refractivity contribution in [3.63, 3.8) is 0 Å².